The number of urea groups is 1. The lowest BCUT2D eigenvalue weighted by Gasteiger charge is -2.35. The lowest BCUT2D eigenvalue weighted by atomic mass is 10.0. The number of piperazine rings is 1. The van der Waals surface area contributed by atoms with Crippen LogP contribution in [0.15, 0.2) is 42.7 Å². The van der Waals surface area contributed by atoms with Crippen LogP contribution in [0.4, 0.5) is 10.5 Å². The standard InChI is InChI=1S/C21H28N4O/c1-3-18-8-5-9-19(4-2)20(18)23-21(26)25-13-11-24(12-14-25)16-17-7-6-10-22-15-17/h5-10,15H,3-4,11-14,16H2,1-2H3,(H,23,26). The molecule has 1 N–H and O–H groups in total. The Balaban J connectivity index is 1.57. The first kappa shape index (κ1) is 18.4. The lowest BCUT2D eigenvalue weighted by Crippen LogP contribution is -2.49. The Morgan fingerprint density at radius 3 is 2.31 bits per heavy atom. The molecular formula is C21H28N4O. The van der Waals surface area contributed by atoms with Gasteiger partial charge in [-0.1, -0.05) is 38.1 Å². The van der Waals surface area contributed by atoms with Crippen molar-refractivity contribution in [2.24, 2.45) is 0 Å². The first-order valence-corrected chi connectivity index (χ1v) is 9.49. The summed E-state index contributed by atoms with van der Waals surface area (Å²) in [5, 5.41) is 3.17. The number of hydrogen-bond acceptors (Lipinski definition) is 3. The quantitative estimate of drug-likeness (QED) is 0.895. The van der Waals surface area contributed by atoms with Crippen LogP contribution in [0.25, 0.3) is 0 Å². The molecule has 2 amide bonds. The van der Waals surface area contributed by atoms with Crippen molar-refractivity contribution in [3.05, 3.63) is 59.4 Å². The molecule has 2 heterocycles. The Labute approximate surface area is 156 Å². The highest BCUT2D eigenvalue weighted by molar-refractivity contribution is 5.91. The van der Waals surface area contributed by atoms with Gasteiger partial charge in [0.1, 0.15) is 0 Å². The summed E-state index contributed by atoms with van der Waals surface area (Å²) in [6, 6.07) is 10.4. The van der Waals surface area contributed by atoms with Crippen LogP contribution in [0.1, 0.15) is 30.5 Å². The van der Waals surface area contributed by atoms with Gasteiger partial charge in [-0.05, 0) is 35.6 Å². The SMILES string of the molecule is CCc1cccc(CC)c1NC(=O)N1CCN(Cc2cccnc2)CC1. The number of aromatic nitrogens is 1. The first-order valence-electron chi connectivity index (χ1n) is 9.49. The largest absolute Gasteiger partial charge is 0.322 e. The van der Waals surface area contributed by atoms with E-state index in [1.807, 2.05) is 17.2 Å². The average molecular weight is 352 g/mol. The number of nitrogens with one attached hydrogen (secondary N) is 1. The van der Waals surface area contributed by atoms with Crippen molar-refractivity contribution in [3.8, 4) is 0 Å². The monoisotopic (exact) mass is 352 g/mol. The van der Waals surface area contributed by atoms with Crippen molar-refractivity contribution in [1.82, 2.24) is 14.8 Å². The first-order chi connectivity index (χ1) is 12.7. The molecule has 0 spiro atoms. The molecule has 2 aromatic rings. The number of anilines is 1. The zero-order valence-corrected chi connectivity index (χ0v) is 15.7. The summed E-state index contributed by atoms with van der Waals surface area (Å²) >= 11 is 0. The summed E-state index contributed by atoms with van der Waals surface area (Å²) in [6.07, 6.45) is 5.54. The summed E-state index contributed by atoms with van der Waals surface area (Å²) in [5.74, 6) is 0. The Hall–Kier alpha value is -2.40. The number of nitrogens with zero attached hydrogens (tertiary/aromatic N) is 3. The van der Waals surface area contributed by atoms with Gasteiger partial charge in [0, 0.05) is 50.8 Å². The fraction of sp³-hybridized carbons (Fsp3) is 0.429. The Kier molecular flexibility index (Phi) is 6.23. The van der Waals surface area contributed by atoms with Gasteiger partial charge in [0.25, 0.3) is 0 Å². The number of carbonyl (C=O) groups excluding carboxylic acids is 1. The van der Waals surface area contributed by atoms with Gasteiger partial charge in [0.2, 0.25) is 0 Å². The van der Waals surface area contributed by atoms with E-state index in [1.54, 1.807) is 6.20 Å². The Morgan fingerprint density at radius 2 is 1.73 bits per heavy atom. The second-order valence-electron chi connectivity index (χ2n) is 6.71. The van der Waals surface area contributed by atoms with Crippen molar-refractivity contribution >= 4 is 11.7 Å². The smallest absolute Gasteiger partial charge is 0.321 e. The molecule has 1 aromatic carbocycles. The van der Waals surface area contributed by atoms with Gasteiger partial charge < -0.3 is 10.2 Å². The number of carbonyl (C=O) groups is 1. The summed E-state index contributed by atoms with van der Waals surface area (Å²) in [6.45, 7) is 8.42. The van der Waals surface area contributed by atoms with Gasteiger partial charge in [0.15, 0.2) is 0 Å². The minimum absolute atomic E-state index is 0.0154. The molecule has 1 aliphatic heterocycles. The molecule has 0 saturated carbocycles. The molecule has 0 bridgehead atoms. The fourth-order valence-electron chi connectivity index (χ4n) is 3.45. The van der Waals surface area contributed by atoms with Crippen LogP contribution in [0.2, 0.25) is 0 Å². The van der Waals surface area contributed by atoms with Gasteiger partial charge in [-0.3, -0.25) is 9.88 Å². The Morgan fingerprint density at radius 1 is 1.04 bits per heavy atom. The molecule has 1 fully saturated rings. The van der Waals surface area contributed by atoms with E-state index in [2.05, 4.69) is 53.3 Å². The molecule has 26 heavy (non-hydrogen) atoms. The predicted molar refractivity (Wildman–Crippen MR) is 105 cm³/mol. The lowest BCUT2D eigenvalue weighted by molar-refractivity contribution is 0.143. The summed E-state index contributed by atoms with van der Waals surface area (Å²) in [7, 11) is 0. The third kappa shape index (κ3) is 4.41. The molecule has 3 rings (SSSR count). The summed E-state index contributed by atoms with van der Waals surface area (Å²) < 4.78 is 0. The van der Waals surface area contributed by atoms with Crippen molar-refractivity contribution in [2.45, 2.75) is 33.2 Å². The van der Waals surface area contributed by atoms with E-state index in [4.69, 9.17) is 0 Å². The molecule has 1 aliphatic rings. The van der Waals surface area contributed by atoms with Gasteiger partial charge in [0.05, 0.1) is 0 Å². The highest BCUT2D eigenvalue weighted by atomic mass is 16.2. The summed E-state index contributed by atoms with van der Waals surface area (Å²) in [5.41, 5.74) is 4.62. The minimum Gasteiger partial charge on any atom is -0.322 e. The number of amides is 2. The predicted octanol–water partition coefficient (Wildman–Crippen LogP) is 3.56. The van der Waals surface area contributed by atoms with Crippen LogP contribution in [-0.2, 0) is 19.4 Å². The molecule has 5 nitrogen and oxygen atoms in total. The van der Waals surface area contributed by atoms with Crippen LogP contribution in [0.5, 0.6) is 0 Å². The van der Waals surface area contributed by atoms with E-state index < -0.39 is 0 Å². The topological polar surface area (TPSA) is 48.5 Å². The van der Waals surface area contributed by atoms with E-state index in [-0.39, 0.29) is 6.03 Å². The maximum absolute atomic E-state index is 12.8. The van der Waals surface area contributed by atoms with E-state index in [1.165, 1.54) is 16.7 Å². The second kappa shape index (κ2) is 8.81. The number of para-hydroxylation sites is 1. The van der Waals surface area contributed by atoms with E-state index in [9.17, 15) is 4.79 Å². The maximum Gasteiger partial charge on any atom is 0.321 e. The van der Waals surface area contributed by atoms with Gasteiger partial charge in [-0.25, -0.2) is 4.79 Å². The molecule has 1 aromatic heterocycles. The van der Waals surface area contributed by atoms with E-state index in [0.717, 1.165) is 51.3 Å². The molecule has 0 unspecified atom stereocenters. The van der Waals surface area contributed by atoms with Crippen molar-refractivity contribution in [3.63, 3.8) is 0 Å². The molecule has 138 valence electrons. The minimum atomic E-state index is 0.0154. The highest BCUT2D eigenvalue weighted by Gasteiger charge is 2.22. The van der Waals surface area contributed by atoms with Crippen LogP contribution in [-0.4, -0.2) is 47.0 Å². The van der Waals surface area contributed by atoms with Gasteiger partial charge in [-0.15, -0.1) is 0 Å². The third-order valence-electron chi connectivity index (χ3n) is 5.02. The number of rotatable bonds is 5. The third-order valence-corrected chi connectivity index (χ3v) is 5.02. The molecule has 0 radical (unpaired) electrons. The number of hydrogen-bond donors (Lipinski definition) is 1. The Bertz CT molecular complexity index is 702. The van der Waals surface area contributed by atoms with Crippen LogP contribution in [0.3, 0.4) is 0 Å². The normalized spacial score (nSPS) is 15.1. The van der Waals surface area contributed by atoms with E-state index >= 15 is 0 Å². The van der Waals surface area contributed by atoms with E-state index in [0.29, 0.717) is 0 Å². The van der Waals surface area contributed by atoms with Crippen LogP contribution in [0, 0.1) is 0 Å². The molecule has 0 aliphatic carbocycles. The van der Waals surface area contributed by atoms with Crippen molar-refractivity contribution < 1.29 is 4.79 Å². The van der Waals surface area contributed by atoms with Crippen molar-refractivity contribution in [2.75, 3.05) is 31.5 Å². The average Bonchev–Trinajstić information content (AvgIpc) is 2.69. The van der Waals surface area contributed by atoms with Crippen LogP contribution < -0.4 is 5.32 Å². The molecule has 5 heteroatoms. The van der Waals surface area contributed by atoms with Gasteiger partial charge in [-0.2, -0.15) is 0 Å². The zero-order valence-electron chi connectivity index (χ0n) is 15.7. The maximum atomic E-state index is 12.8. The number of aryl methyl sites for hydroxylation is 2. The molecular weight excluding hydrogens is 324 g/mol. The zero-order chi connectivity index (χ0) is 18.4. The van der Waals surface area contributed by atoms with Crippen molar-refractivity contribution in [1.29, 1.82) is 0 Å². The van der Waals surface area contributed by atoms with Crippen LogP contribution >= 0.6 is 0 Å². The number of pyridine rings is 1. The summed E-state index contributed by atoms with van der Waals surface area (Å²) in [4.78, 5) is 21.2. The fourth-order valence-corrected chi connectivity index (χ4v) is 3.45. The molecule has 1 saturated heterocycles. The van der Waals surface area contributed by atoms with Gasteiger partial charge >= 0.3 is 6.03 Å². The second-order valence-corrected chi connectivity index (χ2v) is 6.71. The number of benzene rings is 1. The molecule has 0 atom stereocenters. The highest BCUT2D eigenvalue weighted by Crippen LogP contribution is 2.23.